The van der Waals surface area contributed by atoms with Gasteiger partial charge < -0.3 is 4.74 Å². The Morgan fingerprint density at radius 3 is 2.09 bits per heavy atom. The highest BCUT2D eigenvalue weighted by Crippen LogP contribution is 2.53. The number of Topliss-reactive ketones (excluding diaryl/α,β-unsaturated/α-hetero) is 1. The third-order valence-corrected chi connectivity index (χ3v) is 3.78. The van der Waals surface area contributed by atoms with Gasteiger partial charge in [0, 0.05) is 6.42 Å². The van der Waals surface area contributed by atoms with E-state index in [9.17, 15) is 35.9 Å². The van der Waals surface area contributed by atoms with Crippen LogP contribution in [0.5, 0.6) is 0 Å². The first kappa shape index (κ1) is 19.0. The summed E-state index contributed by atoms with van der Waals surface area (Å²) in [5.74, 6) is -3.56. The van der Waals surface area contributed by atoms with Crippen LogP contribution in [0.15, 0.2) is 0 Å². The minimum Gasteiger partial charge on any atom is -0.453 e. The molecule has 1 rings (SSSR count). The van der Waals surface area contributed by atoms with Crippen LogP contribution in [0.25, 0.3) is 0 Å². The lowest BCUT2D eigenvalue weighted by Crippen LogP contribution is -2.61. The maximum atomic E-state index is 12.9. The van der Waals surface area contributed by atoms with Gasteiger partial charge in [-0.3, -0.25) is 4.79 Å². The van der Waals surface area contributed by atoms with E-state index < -0.39 is 47.0 Å². The molecule has 0 aliphatic heterocycles. The molecule has 0 radical (unpaired) electrons. The first-order chi connectivity index (χ1) is 9.97. The molecule has 1 aliphatic carbocycles. The van der Waals surface area contributed by atoms with Crippen LogP contribution < -0.4 is 0 Å². The molecule has 128 valence electrons. The van der Waals surface area contributed by atoms with Crippen molar-refractivity contribution in [2.24, 2.45) is 0 Å². The molecular formula is C9H8F6O6S. The van der Waals surface area contributed by atoms with Crippen molar-refractivity contribution in [3.05, 3.63) is 0 Å². The van der Waals surface area contributed by atoms with E-state index in [1.165, 1.54) is 0 Å². The van der Waals surface area contributed by atoms with E-state index in [1.807, 2.05) is 0 Å². The first-order valence-corrected chi connectivity index (χ1v) is 6.24. The standard InChI is InChI=1S/C9H8F6O6S/c10-8(11,12)7(9(13,14)15,22-21-20-18)6(17)19-5-3-1-2-4(5)16/h5,18H,1-3H2. The molecule has 1 atom stereocenters. The summed E-state index contributed by atoms with van der Waals surface area (Å²) in [5, 5.41) is 10.5. The highest BCUT2D eigenvalue weighted by atomic mass is 32.2. The van der Waals surface area contributed by atoms with Crippen LogP contribution in [0.2, 0.25) is 0 Å². The molecule has 0 bridgehead atoms. The van der Waals surface area contributed by atoms with Crippen molar-refractivity contribution < 1.29 is 55.3 Å². The van der Waals surface area contributed by atoms with Gasteiger partial charge in [0.1, 0.15) is 0 Å². The van der Waals surface area contributed by atoms with Gasteiger partial charge in [0.05, 0.1) is 12.0 Å². The quantitative estimate of drug-likeness (QED) is 0.266. The molecule has 0 aromatic rings. The summed E-state index contributed by atoms with van der Waals surface area (Å²) in [6.45, 7) is 0. The predicted octanol–water partition coefficient (Wildman–Crippen LogP) is 2.58. The SMILES string of the molecule is O=C1CCCC1OC(=O)C(SOOO)(C(F)(F)F)C(F)(F)F. The van der Waals surface area contributed by atoms with E-state index in [1.54, 1.807) is 0 Å². The van der Waals surface area contributed by atoms with Crippen LogP contribution in [-0.2, 0) is 23.7 Å². The zero-order chi connectivity index (χ0) is 17.2. The minimum absolute atomic E-state index is 0.119. The van der Waals surface area contributed by atoms with Gasteiger partial charge in [0.2, 0.25) is 0 Å². The van der Waals surface area contributed by atoms with Gasteiger partial charge in [-0.15, -0.1) is 4.33 Å². The van der Waals surface area contributed by atoms with Crippen LogP contribution in [0.3, 0.4) is 0 Å². The number of halogens is 6. The fraction of sp³-hybridized carbons (Fsp3) is 0.778. The fourth-order valence-corrected chi connectivity index (χ4v) is 2.15. The topological polar surface area (TPSA) is 82.1 Å². The number of esters is 1. The molecule has 0 heterocycles. The maximum Gasteiger partial charge on any atom is 0.425 e. The number of carbonyl (C=O) groups excluding carboxylic acids is 2. The summed E-state index contributed by atoms with van der Waals surface area (Å²) in [4.78, 5) is 22.7. The van der Waals surface area contributed by atoms with Crippen molar-refractivity contribution in [2.75, 3.05) is 0 Å². The van der Waals surface area contributed by atoms with Crippen LogP contribution in [0.1, 0.15) is 19.3 Å². The third kappa shape index (κ3) is 3.47. The number of ketones is 1. The Morgan fingerprint density at radius 1 is 1.18 bits per heavy atom. The second-order valence-corrected chi connectivity index (χ2v) is 5.07. The lowest BCUT2D eigenvalue weighted by Gasteiger charge is -2.32. The second kappa shape index (κ2) is 6.60. The van der Waals surface area contributed by atoms with Crippen LogP contribution in [-0.4, -0.2) is 40.2 Å². The van der Waals surface area contributed by atoms with Crippen molar-refractivity contribution in [3.63, 3.8) is 0 Å². The van der Waals surface area contributed by atoms with Crippen LogP contribution in [0, 0.1) is 0 Å². The molecule has 6 nitrogen and oxygen atoms in total. The average Bonchev–Trinajstić information content (AvgIpc) is 2.72. The van der Waals surface area contributed by atoms with E-state index in [0.717, 1.165) is 0 Å². The Hall–Kier alpha value is -1.05. The smallest absolute Gasteiger partial charge is 0.425 e. The van der Waals surface area contributed by atoms with Crippen molar-refractivity contribution in [1.82, 2.24) is 0 Å². The van der Waals surface area contributed by atoms with Crippen molar-refractivity contribution in [1.29, 1.82) is 0 Å². The third-order valence-electron chi connectivity index (χ3n) is 2.77. The van der Waals surface area contributed by atoms with Crippen LogP contribution >= 0.6 is 12.0 Å². The van der Waals surface area contributed by atoms with Gasteiger partial charge in [0.25, 0.3) is 0 Å². The van der Waals surface area contributed by atoms with E-state index >= 15 is 0 Å². The van der Waals surface area contributed by atoms with E-state index in [4.69, 9.17) is 5.26 Å². The van der Waals surface area contributed by atoms with Crippen molar-refractivity contribution in [2.45, 2.75) is 42.5 Å². The maximum absolute atomic E-state index is 12.9. The average molecular weight is 358 g/mol. The number of alkyl halides is 6. The van der Waals surface area contributed by atoms with E-state index in [0.29, 0.717) is 0 Å². The zero-order valence-electron chi connectivity index (χ0n) is 10.4. The summed E-state index contributed by atoms with van der Waals surface area (Å²) < 4.78 is 79.3. The Bertz CT molecular complexity index is 421. The van der Waals surface area contributed by atoms with Crippen molar-refractivity contribution >= 4 is 23.8 Å². The monoisotopic (exact) mass is 358 g/mol. The number of rotatable bonds is 5. The summed E-state index contributed by atoms with van der Waals surface area (Å²) in [6, 6.07) is 0. The molecule has 0 aromatic heterocycles. The van der Waals surface area contributed by atoms with Crippen LogP contribution in [0.4, 0.5) is 26.3 Å². The number of ether oxygens (including phenoxy) is 1. The van der Waals surface area contributed by atoms with Gasteiger partial charge in [-0.2, -0.15) is 26.3 Å². The summed E-state index contributed by atoms with van der Waals surface area (Å²) >= 11 is -1.53. The highest BCUT2D eigenvalue weighted by molar-refractivity contribution is 7.96. The summed E-state index contributed by atoms with van der Waals surface area (Å²) in [7, 11) is 0. The Kier molecular flexibility index (Phi) is 5.70. The van der Waals surface area contributed by atoms with Gasteiger partial charge in [-0.25, -0.2) is 10.1 Å². The van der Waals surface area contributed by atoms with Crippen molar-refractivity contribution in [3.8, 4) is 0 Å². The molecule has 1 N–H and O–H groups in total. The lowest BCUT2D eigenvalue weighted by molar-refractivity contribution is -0.434. The molecule has 1 saturated carbocycles. The van der Waals surface area contributed by atoms with Gasteiger partial charge >= 0.3 is 23.1 Å². The minimum atomic E-state index is -6.20. The largest absolute Gasteiger partial charge is 0.453 e. The fourth-order valence-electron chi connectivity index (χ4n) is 1.71. The normalized spacial score (nSPS) is 20.3. The van der Waals surface area contributed by atoms with E-state index in [-0.39, 0.29) is 19.3 Å². The molecule has 22 heavy (non-hydrogen) atoms. The molecular weight excluding hydrogens is 350 g/mol. The molecule has 0 aromatic carbocycles. The number of carbonyl (C=O) groups is 2. The number of hydrogen-bond acceptors (Lipinski definition) is 7. The molecule has 0 spiro atoms. The van der Waals surface area contributed by atoms with Gasteiger partial charge in [-0.05, 0) is 12.8 Å². The molecule has 13 heteroatoms. The van der Waals surface area contributed by atoms with E-state index in [2.05, 4.69) is 14.1 Å². The zero-order valence-corrected chi connectivity index (χ0v) is 11.2. The highest BCUT2D eigenvalue weighted by Gasteiger charge is 2.79. The first-order valence-electron chi connectivity index (χ1n) is 5.50. The lowest BCUT2D eigenvalue weighted by atomic mass is 10.1. The molecule has 0 saturated heterocycles. The Morgan fingerprint density at radius 2 is 1.73 bits per heavy atom. The molecule has 0 amide bonds. The predicted molar refractivity (Wildman–Crippen MR) is 56.0 cm³/mol. The number of hydrogen-bond donors (Lipinski definition) is 1. The second-order valence-electron chi connectivity index (χ2n) is 4.16. The molecule has 1 fully saturated rings. The van der Waals surface area contributed by atoms with Gasteiger partial charge in [-0.1, -0.05) is 5.04 Å². The van der Waals surface area contributed by atoms with Gasteiger partial charge in [0.15, 0.2) is 11.9 Å². The summed E-state index contributed by atoms with van der Waals surface area (Å²) in [6.07, 6.45) is -14.2. The Balaban J connectivity index is 3.17. The molecule has 1 aliphatic rings. The molecule has 1 unspecified atom stereocenters. The summed E-state index contributed by atoms with van der Waals surface area (Å²) in [5.41, 5.74) is 0. The Labute approximate surface area is 122 Å².